The Kier molecular flexibility index (Phi) is 5.67. The van der Waals surface area contributed by atoms with Gasteiger partial charge in [-0.1, -0.05) is 36.9 Å². The molecule has 0 atom stereocenters. The summed E-state index contributed by atoms with van der Waals surface area (Å²) >= 11 is 9.51. The smallest absolute Gasteiger partial charge is 0.357 e. The maximum Gasteiger partial charge on any atom is 0.357 e. The van der Waals surface area contributed by atoms with E-state index >= 15 is 0 Å². The lowest BCUT2D eigenvalue weighted by molar-refractivity contribution is -0.136. The summed E-state index contributed by atoms with van der Waals surface area (Å²) in [4.78, 5) is 27.2. The van der Waals surface area contributed by atoms with E-state index in [9.17, 15) is 19.8 Å². The molecule has 1 heterocycles. The molecule has 26 heavy (non-hydrogen) atoms. The zero-order valence-electron chi connectivity index (χ0n) is 13.9. The predicted molar refractivity (Wildman–Crippen MR) is 100 cm³/mol. The van der Waals surface area contributed by atoms with Crippen LogP contribution in [-0.4, -0.2) is 31.7 Å². The molecule has 1 aromatic heterocycles. The summed E-state index contributed by atoms with van der Waals surface area (Å²) in [5, 5.41) is 19.2. The lowest BCUT2D eigenvalue weighted by Gasteiger charge is -2.23. The maximum absolute atomic E-state index is 11.6. The molecule has 0 spiro atoms. The molecule has 1 aromatic carbocycles. The number of halogens is 2. The molecule has 3 rings (SSSR count). The molecule has 1 aliphatic carbocycles. The fourth-order valence-corrected chi connectivity index (χ4v) is 4.27. The predicted octanol–water partition coefficient (Wildman–Crippen LogP) is 4.66. The van der Waals surface area contributed by atoms with Crippen molar-refractivity contribution in [2.75, 3.05) is 0 Å². The summed E-state index contributed by atoms with van der Waals surface area (Å²) in [6.45, 7) is 0. The first-order valence-electron chi connectivity index (χ1n) is 8.40. The van der Waals surface area contributed by atoms with Crippen LogP contribution in [0.1, 0.15) is 59.9 Å². The van der Waals surface area contributed by atoms with Crippen LogP contribution in [0.2, 0.25) is 5.02 Å². The summed E-state index contributed by atoms with van der Waals surface area (Å²) in [7, 11) is 0. The van der Waals surface area contributed by atoms with Gasteiger partial charge in [-0.3, -0.25) is 9.36 Å². The number of benzene rings is 1. The van der Waals surface area contributed by atoms with Crippen molar-refractivity contribution in [3.05, 3.63) is 44.9 Å². The lowest BCUT2D eigenvalue weighted by atomic mass is 9.88. The Balaban J connectivity index is 2.21. The summed E-state index contributed by atoms with van der Waals surface area (Å²) in [5.74, 6) is -1.33. The molecule has 0 radical (unpaired) electrons. The van der Waals surface area contributed by atoms with Crippen molar-refractivity contribution >= 4 is 39.5 Å². The van der Waals surface area contributed by atoms with Gasteiger partial charge < -0.3 is 10.2 Å². The van der Waals surface area contributed by atoms with Gasteiger partial charge in [0.1, 0.15) is 10.4 Å². The Morgan fingerprint density at radius 1 is 1.23 bits per heavy atom. The molecular formula is C18H18BrClN2O4. The minimum Gasteiger partial charge on any atom is -0.481 e. The second-order valence-corrected chi connectivity index (χ2v) is 7.62. The van der Waals surface area contributed by atoms with Crippen LogP contribution < -0.4 is 0 Å². The second-order valence-electron chi connectivity index (χ2n) is 6.43. The van der Waals surface area contributed by atoms with E-state index in [1.807, 2.05) is 0 Å². The Hall–Kier alpha value is -1.86. The van der Waals surface area contributed by atoms with Gasteiger partial charge in [0.25, 0.3) is 0 Å². The monoisotopic (exact) mass is 440 g/mol. The van der Waals surface area contributed by atoms with E-state index < -0.39 is 11.9 Å². The van der Waals surface area contributed by atoms with E-state index in [1.54, 1.807) is 22.8 Å². The SMILES string of the molecule is O=C(O)Cc1ccc(Cl)cc1-n1c(C2CCCCC2)nc(C(=O)O)c1Br. The van der Waals surface area contributed by atoms with Crippen molar-refractivity contribution in [2.24, 2.45) is 0 Å². The van der Waals surface area contributed by atoms with Crippen LogP contribution >= 0.6 is 27.5 Å². The van der Waals surface area contributed by atoms with Gasteiger partial charge in [-0.05, 0) is 46.5 Å². The van der Waals surface area contributed by atoms with Crippen LogP contribution in [0.4, 0.5) is 0 Å². The Morgan fingerprint density at radius 2 is 1.92 bits per heavy atom. The molecule has 138 valence electrons. The van der Waals surface area contributed by atoms with Gasteiger partial charge in [0.2, 0.25) is 0 Å². The highest BCUT2D eigenvalue weighted by Crippen LogP contribution is 2.37. The number of aromatic carboxylic acids is 1. The average molecular weight is 442 g/mol. The van der Waals surface area contributed by atoms with E-state index in [4.69, 9.17) is 11.6 Å². The van der Waals surface area contributed by atoms with Crippen LogP contribution in [0.5, 0.6) is 0 Å². The average Bonchev–Trinajstić information content (AvgIpc) is 2.94. The van der Waals surface area contributed by atoms with E-state index in [2.05, 4.69) is 20.9 Å². The number of carboxylic acid groups (broad SMARTS) is 2. The first kappa shape index (κ1) is 18.9. The van der Waals surface area contributed by atoms with E-state index in [1.165, 1.54) is 0 Å². The number of aromatic nitrogens is 2. The number of nitrogens with zero attached hydrogens (tertiary/aromatic N) is 2. The van der Waals surface area contributed by atoms with Crippen molar-refractivity contribution in [3.8, 4) is 5.69 Å². The van der Waals surface area contributed by atoms with Gasteiger partial charge in [0, 0.05) is 10.9 Å². The molecule has 8 heteroatoms. The standard InChI is InChI=1S/C18H18BrClN2O4/c19-16-15(18(25)26)21-17(10-4-2-1-3-5-10)22(16)13-9-12(20)7-6-11(13)8-14(23)24/h6-7,9-10H,1-5,8H2,(H,23,24)(H,25,26). The quantitative estimate of drug-likeness (QED) is 0.704. The number of carboxylic acids is 2. The number of hydrogen-bond donors (Lipinski definition) is 2. The van der Waals surface area contributed by atoms with Gasteiger partial charge in [-0.2, -0.15) is 0 Å². The van der Waals surface area contributed by atoms with E-state index in [0.717, 1.165) is 32.1 Å². The molecule has 0 saturated heterocycles. The van der Waals surface area contributed by atoms with Crippen LogP contribution in [0.3, 0.4) is 0 Å². The minimum atomic E-state index is -1.13. The number of rotatable bonds is 5. The van der Waals surface area contributed by atoms with Gasteiger partial charge in [-0.15, -0.1) is 0 Å². The van der Waals surface area contributed by atoms with Crippen LogP contribution in [-0.2, 0) is 11.2 Å². The first-order chi connectivity index (χ1) is 12.4. The normalized spacial score (nSPS) is 15.2. The molecule has 2 aromatic rings. The van der Waals surface area contributed by atoms with Crippen molar-refractivity contribution in [1.82, 2.24) is 9.55 Å². The number of imidazole rings is 1. The fourth-order valence-electron chi connectivity index (χ4n) is 3.47. The molecule has 1 saturated carbocycles. The molecule has 0 unspecified atom stereocenters. The summed E-state index contributed by atoms with van der Waals surface area (Å²) in [6, 6.07) is 4.94. The second kappa shape index (κ2) is 7.80. The molecule has 0 bridgehead atoms. The highest BCUT2D eigenvalue weighted by atomic mass is 79.9. The topological polar surface area (TPSA) is 92.4 Å². The Labute approximate surface area is 163 Å². The van der Waals surface area contributed by atoms with Crippen LogP contribution in [0.15, 0.2) is 22.8 Å². The van der Waals surface area contributed by atoms with Gasteiger partial charge in [-0.25, -0.2) is 9.78 Å². The molecule has 6 nitrogen and oxygen atoms in total. The maximum atomic E-state index is 11.6. The molecule has 0 amide bonds. The zero-order chi connectivity index (χ0) is 18.8. The Bertz CT molecular complexity index is 859. The van der Waals surface area contributed by atoms with Crippen LogP contribution in [0.25, 0.3) is 5.69 Å². The molecular weight excluding hydrogens is 424 g/mol. The van der Waals surface area contributed by atoms with Crippen molar-refractivity contribution in [3.63, 3.8) is 0 Å². The first-order valence-corrected chi connectivity index (χ1v) is 9.57. The third kappa shape index (κ3) is 3.78. The van der Waals surface area contributed by atoms with E-state index in [0.29, 0.717) is 26.7 Å². The van der Waals surface area contributed by atoms with Crippen molar-refractivity contribution in [2.45, 2.75) is 44.4 Å². The third-order valence-corrected chi connectivity index (χ3v) is 5.62. The van der Waals surface area contributed by atoms with Gasteiger partial charge >= 0.3 is 11.9 Å². The van der Waals surface area contributed by atoms with Crippen molar-refractivity contribution in [1.29, 1.82) is 0 Å². The van der Waals surface area contributed by atoms with Gasteiger partial charge in [0.15, 0.2) is 5.69 Å². The number of hydrogen-bond acceptors (Lipinski definition) is 3. The fraction of sp³-hybridized carbons (Fsp3) is 0.389. The summed E-state index contributed by atoms with van der Waals surface area (Å²) < 4.78 is 2.02. The largest absolute Gasteiger partial charge is 0.481 e. The molecule has 1 fully saturated rings. The van der Waals surface area contributed by atoms with Crippen molar-refractivity contribution < 1.29 is 19.8 Å². The lowest BCUT2D eigenvalue weighted by Crippen LogP contribution is -2.13. The summed E-state index contributed by atoms with van der Waals surface area (Å²) in [5.41, 5.74) is 1.02. The zero-order valence-corrected chi connectivity index (χ0v) is 16.3. The highest BCUT2D eigenvalue weighted by molar-refractivity contribution is 9.10. The number of aliphatic carboxylic acids is 1. The highest BCUT2D eigenvalue weighted by Gasteiger charge is 2.28. The Morgan fingerprint density at radius 3 is 2.54 bits per heavy atom. The van der Waals surface area contributed by atoms with Crippen LogP contribution in [0, 0.1) is 0 Å². The van der Waals surface area contributed by atoms with E-state index in [-0.39, 0.29) is 18.0 Å². The minimum absolute atomic E-state index is 0.0770. The molecule has 0 aliphatic heterocycles. The molecule has 1 aliphatic rings. The van der Waals surface area contributed by atoms with Gasteiger partial charge in [0.05, 0.1) is 12.1 Å². The number of carbonyl (C=O) groups is 2. The summed E-state index contributed by atoms with van der Waals surface area (Å²) in [6.07, 6.45) is 4.95. The third-order valence-electron chi connectivity index (χ3n) is 4.65. The molecule has 2 N–H and O–H groups in total.